The molecule has 0 saturated carbocycles. The van der Waals surface area contributed by atoms with E-state index in [2.05, 4.69) is 10.6 Å². The lowest BCUT2D eigenvalue weighted by molar-refractivity contribution is -0.115. The van der Waals surface area contributed by atoms with E-state index >= 15 is 0 Å². The highest BCUT2D eigenvalue weighted by Gasteiger charge is 2.21. The van der Waals surface area contributed by atoms with Crippen molar-refractivity contribution in [1.29, 1.82) is 0 Å². The van der Waals surface area contributed by atoms with Gasteiger partial charge in [-0.1, -0.05) is 18.2 Å². The molecule has 7 nitrogen and oxygen atoms in total. The van der Waals surface area contributed by atoms with E-state index in [1.165, 1.54) is 36.5 Å². The summed E-state index contributed by atoms with van der Waals surface area (Å²) in [6.07, 6.45) is 1.65. The zero-order valence-electron chi connectivity index (χ0n) is 19.1. The number of amides is 2. The number of hydrogen-bond donors (Lipinski definition) is 2. The van der Waals surface area contributed by atoms with Gasteiger partial charge in [0, 0.05) is 18.0 Å². The van der Waals surface area contributed by atoms with Crippen LogP contribution in [0.1, 0.15) is 21.5 Å². The molecule has 0 fully saturated rings. The summed E-state index contributed by atoms with van der Waals surface area (Å²) in [5.74, 6) is -3.62. The molecular weight excluding hydrogens is 487 g/mol. The van der Waals surface area contributed by atoms with Crippen molar-refractivity contribution in [2.24, 2.45) is 0 Å². The van der Waals surface area contributed by atoms with Crippen LogP contribution in [0.3, 0.4) is 0 Å². The topological polar surface area (TPSA) is 89.4 Å². The molecule has 0 bridgehead atoms. The molecule has 3 aromatic carbocycles. The summed E-state index contributed by atoms with van der Waals surface area (Å²) in [5.41, 5.74) is 0.406. The smallest absolute Gasteiger partial charge is 0.263 e. The van der Waals surface area contributed by atoms with E-state index in [1.54, 1.807) is 18.2 Å². The maximum atomic E-state index is 14.7. The van der Waals surface area contributed by atoms with E-state index in [4.69, 9.17) is 4.74 Å². The Balaban J connectivity index is 1.39. The van der Waals surface area contributed by atoms with Crippen LogP contribution in [0.15, 0.2) is 77.7 Å². The quantitative estimate of drug-likeness (QED) is 0.392. The van der Waals surface area contributed by atoms with Crippen LogP contribution in [-0.4, -0.2) is 16.4 Å². The summed E-state index contributed by atoms with van der Waals surface area (Å²) in [7, 11) is 0. The summed E-state index contributed by atoms with van der Waals surface area (Å²) >= 11 is 0. The predicted molar refractivity (Wildman–Crippen MR) is 129 cm³/mol. The van der Waals surface area contributed by atoms with Gasteiger partial charge >= 0.3 is 0 Å². The fourth-order valence-corrected chi connectivity index (χ4v) is 3.94. The molecule has 0 aliphatic carbocycles. The molecule has 2 N–H and O–H groups in total. The van der Waals surface area contributed by atoms with Crippen molar-refractivity contribution in [2.45, 2.75) is 13.0 Å². The molecule has 10 heteroatoms. The molecule has 1 aliphatic rings. The molecule has 0 saturated heterocycles. The third-order valence-electron chi connectivity index (χ3n) is 5.75. The van der Waals surface area contributed by atoms with E-state index in [0.29, 0.717) is 17.0 Å². The molecular formula is C27H18F3N3O4. The molecule has 0 spiro atoms. The van der Waals surface area contributed by atoms with Crippen LogP contribution < -0.4 is 20.9 Å². The third kappa shape index (κ3) is 4.94. The second-order valence-corrected chi connectivity index (χ2v) is 8.32. The van der Waals surface area contributed by atoms with Gasteiger partial charge in [0.2, 0.25) is 5.91 Å². The van der Waals surface area contributed by atoms with Crippen molar-refractivity contribution < 1.29 is 27.5 Å². The van der Waals surface area contributed by atoms with Crippen molar-refractivity contribution >= 4 is 23.2 Å². The molecule has 1 aromatic heterocycles. The number of nitrogens with one attached hydrogen (secondary N) is 2. The first-order chi connectivity index (χ1) is 17.8. The van der Waals surface area contributed by atoms with Crippen LogP contribution in [0.5, 0.6) is 11.5 Å². The molecule has 2 heterocycles. The highest BCUT2D eigenvalue weighted by molar-refractivity contribution is 6.05. The summed E-state index contributed by atoms with van der Waals surface area (Å²) in [6.45, 7) is -0.111. The average Bonchev–Trinajstić information content (AvgIpc) is 3.24. The van der Waals surface area contributed by atoms with Gasteiger partial charge in [-0.3, -0.25) is 14.4 Å². The Morgan fingerprint density at radius 2 is 1.78 bits per heavy atom. The van der Waals surface area contributed by atoms with Crippen LogP contribution in [0, 0.1) is 17.5 Å². The zero-order chi connectivity index (χ0) is 26.1. The Hall–Kier alpha value is -4.86. The van der Waals surface area contributed by atoms with Gasteiger partial charge in [-0.2, -0.15) is 0 Å². The van der Waals surface area contributed by atoms with Crippen LogP contribution >= 0.6 is 0 Å². The number of carbonyl (C=O) groups excluding carboxylic acids is 2. The number of fused-ring (bicyclic) bond motifs is 1. The molecule has 0 unspecified atom stereocenters. The number of carbonyl (C=O) groups is 2. The fourth-order valence-electron chi connectivity index (χ4n) is 3.94. The van der Waals surface area contributed by atoms with E-state index in [0.717, 1.165) is 28.3 Å². The Labute approximate surface area is 208 Å². The summed E-state index contributed by atoms with van der Waals surface area (Å²) in [6, 6.07) is 14.8. The van der Waals surface area contributed by atoms with Gasteiger partial charge in [-0.15, -0.1) is 0 Å². The number of anilines is 2. The first kappa shape index (κ1) is 23.9. The molecule has 2 amide bonds. The SMILES string of the molecule is O=C1Cc2ccc(Oc3cccc(F)c3NC(=O)c3cccn(Cc4ccc(F)c(F)c4)c3=O)cc2N1. The number of rotatable bonds is 6. The first-order valence-electron chi connectivity index (χ1n) is 11.1. The molecule has 37 heavy (non-hydrogen) atoms. The van der Waals surface area contributed by atoms with Crippen molar-refractivity contribution in [2.75, 3.05) is 10.6 Å². The van der Waals surface area contributed by atoms with Gasteiger partial charge in [-0.05, 0) is 53.6 Å². The second kappa shape index (κ2) is 9.65. The molecule has 4 aromatic rings. The Morgan fingerprint density at radius 3 is 2.59 bits per heavy atom. The van der Waals surface area contributed by atoms with Crippen LogP contribution in [0.4, 0.5) is 24.5 Å². The third-order valence-corrected chi connectivity index (χ3v) is 5.75. The number of aromatic nitrogens is 1. The maximum Gasteiger partial charge on any atom is 0.263 e. The standard InChI is InChI=1S/C27H18F3N3O4/c28-19-9-6-15(11-21(19)30)14-33-10-2-3-18(27(33)36)26(35)32-25-20(29)4-1-5-23(25)37-17-8-7-16-12-24(34)31-22(16)13-17/h1-11,13H,12,14H2,(H,31,34)(H,32,35). The number of benzene rings is 3. The first-order valence-corrected chi connectivity index (χ1v) is 11.1. The van der Waals surface area contributed by atoms with Crippen molar-refractivity contribution in [1.82, 2.24) is 4.57 Å². The van der Waals surface area contributed by atoms with Gasteiger partial charge in [0.05, 0.1) is 13.0 Å². The molecule has 5 rings (SSSR count). The van der Waals surface area contributed by atoms with Gasteiger partial charge in [0.1, 0.15) is 17.0 Å². The molecule has 0 atom stereocenters. The molecule has 0 radical (unpaired) electrons. The van der Waals surface area contributed by atoms with E-state index in [9.17, 15) is 27.6 Å². The molecule has 1 aliphatic heterocycles. The largest absolute Gasteiger partial charge is 0.455 e. The number of halogens is 3. The Bertz CT molecular complexity index is 1620. The van der Waals surface area contributed by atoms with E-state index in [-0.39, 0.29) is 35.9 Å². The van der Waals surface area contributed by atoms with E-state index in [1.807, 2.05) is 0 Å². The lowest BCUT2D eigenvalue weighted by atomic mass is 10.1. The van der Waals surface area contributed by atoms with Crippen LogP contribution in [0.2, 0.25) is 0 Å². The number of nitrogens with zero attached hydrogens (tertiary/aromatic N) is 1. The van der Waals surface area contributed by atoms with E-state index < -0.39 is 28.9 Å². The summed E-state index contributed by atoms with van der Waals surface area (Å²) < 4.78 is 48.4. The monoisotopic (exact) mass is 505 g/mol. The Morgan fingerprint density at radius 1 is 0.946 bits per heavy atom. The lowest BCUT2D eigenvalue weighted by Crippen LogP contribution is -2.29. The van der Waals surface area contributed by atoms with Gasteiger partial charge in [0.15, 0.2) is 23.2 Å². The minimum atomic E-state index is -1.06. The molecule has 186 valence electrons. The second-order valence-electron chi connectivity index (χ2n) is 8.32. The summed E-state index contributed by atoms with van der Waals surface area (Å²) in [4.78, 5) is 37.5. The van der Waals surface area contributed by atoms with Gasteiger partial charge in [-0.25, -0.2) is 13.2 Å². The average molecular weight is 505 g/mol. The highest BCUT2D eigenvalue weighted by atomic mass is 19.2. The minimum Gasteiger partial charge on any atom is -0.455 e. The fraction of sp³-hybridized carbons (Fsp3) is 0.0741. The number of ether oxygens (including phenoxy) is 1. The van der Waals surface area contributed by atoms with Crippen molar-refractivity contribution in [3.63, 3.8) is 0 Å². The Kier molecular flexibility index (Phi) is 6.22. The normalized spacial score (nSPS) is 12.1. The van der Waals surface area contributed by atoms with Gasteiger partial charge in [0.25, 0.3) is 11.5 Å². The number of pyridine rings is 1. The summed E-state index contributed by atoms with van der Waals surface area (Å²) in [5, 5.41) is 5.09. The zero-order valence-corrected chi connectivity index (χ0v) is 19.1. The van der Waals surface area contributed by atoms with Crippen LogP contribution in [-0.2, 0) is 17.8 Å². The number of para-hydroxylation sites is 1. The predicted octanol–water partition coefficient (Wildman–Crippen LogP) is 4.85. The van der Waals surface area contributed by atoms with Crippen LogP contribution in [0.25, 0.3) is 0 Å². The maximum absolute atomic E-state index is 14.7. The lowest BCUT2D eigenvalue weighted by Gasteiger charge is -2.14. The minimum absolute atomic E-state index is 0.0179. The van der Waals surface area contributed by atoms with Crippen molar-refractivity contribution in [3.8, 4) is 11.5 Å². The number of hydrogen-bond acceptors (Lipinski definition) is 4. The van der Waals surface area contributed by atoms with Gasteiger partial charge < -0.3 is 19.9 Å². The highest BCUT2D eigenvalue weighted by Crippen LogP contribution is 2.35. The van der Waals surface area contributed by atoms with Crippen molar-refractivity contribution in [3.05, 3.63) is 117 Å².